The number of sulfonamides is 1. The van der Waals surface area contributed by atoms with E-state index in [1.54, 1.807) is 48.5 Å². The number of rotatable bonds is 8. The molecule has 0 saturated carbocycles. The van der Waals surface area contributed by atoms with Crippen molar-refractivity contribution < 1.29 is 13.2 Å². The Hall–Kier alpha value is -3.99. The summed E-state index contributed by atoms with van der Waals surface area (Å²) in [6.07, 6.45) is 1.38. The van der Waals surface area contributed by atoms with Crippen LogP contribution >= 0.6 is 11.6 Å². The lowest BCUT2D eigenvalue weighted by atomic mass is 10.0. The third-order valence-electron chi connectivity index (χ3n) is 5.05. The van der Waals surface area contributed by atoms with Crippen molar-refractivity contribution in [1.29, 1.82) is 0 Å². The van der Waals surface area contributed by atoms with Gasteiger partial charge in [-0.15, -0.1) is 0 Å². The number of carbonyl (C=O) groups excluding carboxylic acids is 1. The number of hydrogen-bond donors (Lipinski definition) is 4. The SMILES string of the molecule is CNS(=O)(=O)c1cccc(Nc2cc(Nc3ccc(Cl)c(-c4cccc(C(N)=O)c4)c3)ncn2)c1. The quantitative estimate of drug-likeness (QED) is 0.278. The molecule has 0 aliphatic rings. The van der Waals surface area contributed by atoms with Gasteiger partial charge in [-0.25, -0.2) is 23.1 Å². The van der Waals surface area contributed by atoms with Gasteiger partial charge in [-0.3, -0.25) is 4.79 Å². The van der Waals surface area contributed by atoms with Gasteiger partial charge in [0.25, 0.3) is 0 Å². The molecule has 4 aromatic rings. The van der Waals surface area contributed by atoms with E-state index in [0.29, 0.717) is 33.6 Å². The van der Waals surface area contributed by atoms with Crippen LogP contribution in [0.25, 0.3) is 11.1 Å². The van der Waals surface area contributed by atoms with Crippen LogP contribution in [0.15, 0.2) is 84.0 Å². The summed E-state index contributed by atoms with van der Waals surface area (Å²) >= 11 is 6.41. The summed E-state index contributed by atoms with van der Waals surface area (Å²) in [5.74, 6) is 0.442. The lowest BCUT2D eigenvalue weighted by Crippen LogP contribution is -2.18. The predicted octanol–water partition coefficient (Wildman–Crippen LogP) is 4.29. The molecule has 0 atom stereocenters. The van der Waals surface area contributed by atoms with E-state index in [0.717, 1.165) is 11.1 Å². The average molecular weight is 509 g/mol. The van der Waals surface area contributed by atoms with Gasteiger partial charge < -0.3 is 16.4 Å². The summed E-state index contributed by atoms with van der Waals surface area (Å²) in [6, 6.07) is 20.3. The van der Waals surface area contributed by atoms with Gasteiger partial charge in [0.2, 0.25) is 15.9 Å². The second kappa shape index (κ2) is 10.1. The van der Waals surface area contributed by atoms with Crippen LogP contribution in [-0.4, -0.2) is 31.3 Å². The molecule has 1 amide bonds. The van der Waals surface area contributed by atoms with Gasteiger partial charge in [-0.2, -0.15) is 0 Å². The molecule has 0 fully saturated rings. The summed E-state index contributed by atoms with van der Waals surface area (Å²) in [7, 11) is -2.22. The number of amides is 1. The van der Waals surface area contributed by atoms with Crippen molar-refractivity contribution in [1.82, 2.24) is 14.7 Å². The van der Waals surface area contributed by atoms with Crippen LogP contribution in [0.1, 0.15) is 10.4 Å². The summed E-state index contributed by atoms with van der Waals surface area (Å²) < 4.78 is 26.4. The van der Waals surface area contributed by atoms with Gasteiger partial charge >= 0.3 is 0 Å². The monoisotopic (exact) mass is 508 g/mol. The number of primary amides is 1. The zero-order chi connectivity index (χ0) is 25.0. The largest absolute Gasteiger partial charge is 0.366 e. The third kappa shape index (κ3) is 5.75. The van der Waals surface area contributed by atoms with Gasteiger partial charge in [-0.1, -0.05) is 29.8 Å². The van der Waals surface area contributed by atoms with Gasteiger partial charge in [0.15, 0.2) is 0 Å². The zero-order valence-corrected chi connectivity index (χ0v) is 20.1. The van der Waals surface area contributed by atoms with Crippen molar-refractivity contribution in [2.45, 2.75) is 4.90 Å². The number of aromatic nitrogens is 2. The maximum Gasteiger partial charge on any atom is 0.248 e. The molecule has 0 spiro atoms. The number of nitrogens with two attached hydrogens (primary N) is 1. The Morgan fingerprint density at radius 2 is 1.57 bits per heavy atom. The molecule has 1 heterocycles. The molecule has 0 aliphatic carbocycles. The van der Waals surface area contributed by atoms with Crippen LogP contribution in [0.4, 0.5) is 23.0 Å². The van der Waals surface area contributed by atoms with Crippen molar-refractivity contribution in [3.63, 3.8) is 0 Å². The molecule has 9 nitrogen and oxygen atoms in total. The number of anilines is 4. The maximum absolute atomic E-state index is 12.1. The molecule has 178 valence electrons. The summed E-state index contributed by atoms with van der Waals surface area (Å²) in [5, 5.41) is 6.80. The second-order valence-electron chi connectivity index (χ2n) is 7.41. The fourth-order valence-corrected chi connectivity index (χ4v) is 4.32. The Balaban J connectivity index is 1.57. The van der Waals surface area contributed by atoms with Crippen molar-refractivity contribution in [2.24, 2.45) is 5.73 Å². The molecule has 11 heteroatoms. The molecule has 0 aliphatic heterocycles. The van der Waals surface area contributed by atoms with E-state index < -0.39 is 15.9 Å². The van der Waals surface area contributed by atoms with Crippen molar-refractivity contribution in [3.05, 3.63) is 89.7 Å². The number of nitrogens with zero attached hydrogens (tertiary/aromatic N) is 2. The normalized spacial score (nSPS) is 11.1. The van der Waals surface area contributed by atoms with Crippen molar-refractivity contribution >= 4 is 50.5 Å². The first-order valence-corrected chi connectivity index (χ1v) is 12.2. The van der Waals surface area contributed by atoms with Gasteiger partial charge in [-0.05, 0) is 61.1 Å². The Bertz CT molecular complexity index is 1510. The van der Waals surface area contributed by atoms with Gasteiger partial charge in [0, 0.05) is 33.6 Å². The molecular formula is C24H21ClN6O3S. The van der Waals surface area contributed by atoms with Crippen molar-refractivity contribution in [3.8, 4) is 11.1 Å². The Morgan fingerprint density at radius 3 is 2.26 bits per heavy atom. The molecular weight excluding hydrogens is 488 g/mol. The highest BCUT2D eigenvalue weighted by Crippen LogP contribution is 2.32. The second-order valence-corrected chi connectivity index (χ2v) is 9.71. The van der Waals surface area contributed by atoms with E-state index in [4.69, 9.17) is 17.3 Å². The Labute approximate surface area is 207 Å². The molecule has 3 aromatic carbocycles. The molecule has 0 saturated heterocycles. The Kier molecular flexibility index (Phi) is 6.97. The fraction of sp³-hybridized carbons (Fsp3) is 0.0417. The highest BCUT2D eigenvalue weighted by Gasteiger charge is 2.12. The first-order valence-electron chi connectivity index (χ1n) is 10.3. The van der Waals surface area contributed by atoms with Crippen molar-refractivity contribution in [2.75, 3.05) is 17.7 Å². The Morgan fingerprint density at radius 1 is 0.886 bits per heavy atom. The van der Waals surface area contributed by atoms with E-state index in [1.807, 2.05) is 12.1 Å². The standard InChI is InChI=1S/C24H21ClN6O3S/c1-27-35(33,34)19-7-3-6-17(11-19)30-22-13-23(29-14-28-22)31-18-8-9-21(25)20(12-18)15-4-2-5-16(10-15)24(26)32/h2-14,27H,1H3,(H2,26,32)(H2,28,29,30,31). The topological polar surface area (TPSA) is 139 Å². The van der Waals surface area contributed by atoms with E-state index in [9.17, 15) is 13.2 Å². The van der Waals surface area contributed by atoms with Crippen LogP contribution in [0.2, 0.25) is 5.02 Å². The van der Waals surface area contributed by atoms with Crippen LogP contribution in [0.3, 0.4) is 0 Å². The molecule has 4 rings (SSSR count). The molecule has 5 N–H and O–H groups in total. The number of carbonyl (C=O) groups is 1. The highest BCUT2D eigenvalue weighted by molar-refractivity contribution is 7.89. The van der Waals surface area contributed by atoms with Crippen LogP contribution in [-0.2, 0) is 10.0 Å². The lowest BCUT2D eigenvalue weighted by molar-refractivity contribution is 0.100. The minimum absolute atomic E-state index is 0.131. The number of benzene rings is 3. The van der Waals surface area contributed by atoms with Crippen LogP contribution in [0.5, 0.6) is 0 Å². The van der Waals surface area contributed by atoms with E-state index in [2.05, 4.69) is 25.3 Å². The van der Waals surface area contributed by atoms with E-state index >= 15 is 0 Å². The van der Waals surface area contributed by atoms with Crippen LogP contribution in [0, 0.1) is 0 Å². The molecule has 35 heavy (non-hydrogen) atoms. The number of halogens is 1. The third-order valence-corrected chi connectivity index (χ3v) is 6.79. The van der Waals surface area contributed by atoms with E-state index in [-0.39, 0.29) is 4.90 Å². The average Bonchev–Trinajstić information content (AvgIpc) is 2.85. The summed E-state index contributed by atoms with van der Waals surface area (Å²) in [5.41, 5.74) is 8.51. The molecule has 0 bridgehead atoms. The first-order chi connectivity index (χ1) is 16.7. The lowest BCUT2D eigenvalue weighted by Gasteiger charge is -2.12. The number of nitrogens with one attached hydrogen (secondary N) is 3. The smallest absolute Gasteiger partial charge is 0.248 e. The summed E-state index contributed by atoms with van der Waals surface area (Å²) in [6.45, 7) is 0. The van der Waals surface area contributed by atoms with Gasteiger partial charge in [0.1, 0.15) is 18.0 Å². The predicted molar refractivity (Wildman–Crippen MR) is 137 cm³/mol. The maximum atomic E-state index is 12.1. The minimum Gasteiger partial charge on any atom is -0.366 e. The molecule has 1 aromatic heterocycles. The highest BCUT2D eigenvalue weighted by atomic mass is 35.5. The van der Waals surface area contributed by atoms with Gasteiger partial charge in [0.05, 0.1) is 4.90 Å². The zero-order valence-electron chi connectivity index (χ0n) is 18.5. The first kappa shape index (κ1) is 24.1. The molecule has 0 radical (unpaired) electrons. The fourth-order valence-electron chi connectivity index (χ4n) is 3.31. The molecule has 0 unspecified atom stereocenters. The van der Waals surface area contributed by atoms with Crippen LogP contribution < -0.4 is 21.1 Å². The summed E-state index contributed by atoms with van der Waals surface area (Å²) in [4.78, 5) is 20.1. The van der Waals surface area contributed by atoms with E-state index in [1.165, 1.54) is 25.5 Å². The number of hydrogen-bond acceptors (Lipinski definition) is 7. The minimum atomic E-state index is -3.57.